The average molecular weight is 311 g/mol. The van der Waals surface area contributed by atoms with E-state index in [0.29, 0.717) is 4.47 Å². The minimum atomic E-state index is -0.601. The molecule has 0 amide bonds. The lowest BCUT2D eigenvalue weighted by Gasteiger charge is -2.04. The molecular weight excluding hydrogens is 305 g/mol. The zero-order valence-electron chi connectivity index (χ0n) is 6.48. The van der Waals surface area contributed by atoms with Gasteiger partial charge in [-0.2, -0.15) is 0 Å². The molecule has 0 aliphatic carbocycles. The highest BCUT2D eigenvalue weighted by atomic mass is 79.9. The number of anilines is 1. The summed E-state index contributed by atoms with van der Waals surface area (Å²) >= 11 is 6.03. The summed E-state index contributed by atoms with van der Waals surface area (Å²) in [5, 5.41) is 0.0652. The van der Waals surface area contributed by atoms with E-state index >= 15 is 0 Å². The Labute approximate surface area is 91.6 Å². The van der Waals surface area contributed by atoms with Gasteiger partial charge in [0, 0.05) is 10.2 Å². The maximum absolute atomic E-state index is 13.2. The Hall–Kier alpha value is -0.420. The first-order chi connectivity index (χ1) is 6.06. The van der Waals surface area contributed by atoms with Crippen LogP contribution in [0.5, 0.6) is 0 Å². The van der Waals surface area contributed by atoms with Crippen molar-refractivity contribution in [1.29, 1.82) is 0 Å². The Balaban J connectivity index is 3.28. The molecule has 1 aromatic carbocycles. The van der Waals surface area contributed by atoms with Gasteiger partial charge >= 0.3 is 0 Å². The number of rotatable bonds is 2. The van der Waals surface area contributed by atoms with E-state index in [1.165, 1.54) is 12.1 Å². The molecule has 0 bridgehead atoms. The SMILES string of the molecule is Nc1cc(Br)cc(F)c1C(=O)CBr. The fourth-order valence-electron chi connectivity index (χ4n) is 0.954. The fraction of sp³-hybridized carbons (Fsp3) is 0.125. The van der Waals surface area contributed by atoms with Crippen molar-refractivity contribution in [1.82, 2.24) is 0 Å². The third kappa shape index (κ3) is 2.28. The number of alkyl halides is 1. The minimum Gasteiger partial charge on any atom is -0.398 e. The number of hydrogen-bond acceptors (Lipinski definition) is 2. The lowest BCUT2D eigenvalue weighted by atomic mass is 10.1. The predicted octanol–water partition coefficient (Wildman–Crippen LogP) is 2.75. The highest BCUT2D eigenvalue weighted by molar-refractivity contribution is 9.10. The molecule has 2 nitrogen and oxygen atoms in total. The van der Waals surface area contributed by atoms with Crippen LogP contribution in [0.25, 0.3) is 0 Å². The van der Waals surface area contributed by atoms with Gasteiger partial charge in [0.2, 0.25) is 0 Å². The van der Waals surface area contributed by atoms with Gasteiger partial charge in [-0.3, -0.25) is 4.79 Å². The molecular formula is C8H6Br2FNO. The van der Waals surface area contributed by atoms with E-state index in [0.717, 1.165) is 0 Å². The Morgan fingerprint density at radius 1 is 1.54 bits per heavy atom. The van der Waals surface area contributed by atoms with Gasteiger partial charge in [0.15, 0.2) is 5.78 Å². The van der Waals surface area contributed by atoms with Crippen LogP contribution in [0.1, 0.15) is 10.4 Å². The van der Waals surface area contributed by atoms with Gasteiger partial charge in [0.1, 0.15) is 5.82 Å². The molecule has 0 aromatic heterocycles. The molecule has 0 atom stereocenters. The van der Waals surface area contributed by atoms with E-state index in [4.69, 9.17) is 5.73 Å². The first-order valence-corrected chi connectivity index (χ1v) is 5.31. The first-order valence-electron chi connectivity index (χ1n) is 3.40. The molecule has 70 valence electrons. The quantitative estimate of drug-likeness (QED) is 0.518. The smallest absolute Gasteiger partial charge is 0.178 e. The molecule has 0 spiro atoms. The largest absolute Gasteiger partial charge is 0.398 e. The first kappa shape index (κ1) is 10.7. The molecule has 1 aromatic rings. The standard InChI is InChI=1S/C8H6Br2FNO/c9-3-7(13)8-5(11)1-4(10)2-6(8)12/h1-2H,3,12H2. The van der Waals surface area contributed by atoms with Crippen molar-refractivity contribution in [3.63, 3.8) is 0 Å². The molecule has 2 N–H and O–H groups in total. The number of nitrogens with two attached hydrogens (primary N) is 1. The second-order valence-corrected chi connectivity index (χ2v) is 3.89. The zero-order chi connectivity index (χ0) is 10.0. The molecule has 5 heteroatoms. The molecule has 13 heavy (non-hydrogen) atoms. The van der Waals surface area contributed by atoms with E-state index in [1.807, 2.05) is 0 Å². The molecule has 0 aliphatic rings. The van der Waals surface area contributed by atoms with Gasteiger partial charge in [-0.1, -0.05) is 31.9 Å². The lowest BCUT2D eigenvalue weighted by molar-refractivity contribution is 0.102. The summed E-state index contributed by atoms with van der Waals surface area (Å²) in [4.78, 5) is 11.2. The van der Waals surface area contributed by atoms with Crippen LogP contribution in [-0.2, 0) is 0 Å². The van der Waals surface area contributed by atoms with Gasteiger partial charge in [-0.15, -0.1) is 0 Å². The summed E-state index contributed by atoms with van der Waals surface area (Å²) in [6.07, 6.45) is 0. The number of carbonyl (C=O) groups is 1. The van der Waals surface area contributed by atoms with Crippen LogP contribution in [0.4, 0.5) is 10.1 Å². The van der Waals surface area contributed by atoms with Crippen molar-refractivity contribution in [2.75, 3.05) is 11.1 Å². The van der Waals surface area contributed by atoms with Crippen LogP contribution in [0.3, 0.4) is 0 Å². The third-order valence-corrected chi connectivity index (χ3v) is 2.45. The monoisotopic (exact) mass is 309 g/mol. The summed E-state index contributed by atoms with van der Waals surface area (Å²) < 4.78 is 13.7. The summed E-state index contributed by atoms with van der Waals surface area (Å²) in [6, 6.07) is 2.71. The van der Waals surface area contributed by atoms with Gasteiger partial charge in [-0.25, -0.2) is 4.39 Å². The van der Waals surface area contributed by atoms with Crippen LogP contribution >= 0.6 is 31.9 Å². The molecule has 0 saturated heterocycles. The molecule has 1 rings (SSSR count). The molecule has 0 aliphatic heterocycles. The van der Waals surface area contributed by atoms with E-state index in [-0.39, 0.29) is 22.4 Å². The Kier molecular flexibility index (Phi) is 3.44. The summed E-state index contributed by atoms with van der Waals surface area (Å²) in [6.45, 7) is 0. The van der Waals surface area contributed by atoms with E-state index in [2.05, 4.69) is 31.9 Å². The second kappa shape index (κ2) is 4.19. The Morgan fingerprint density at radius 3 is 2.62 bits per heavy atom. The number of benzene rings is 1. The van der Waals surface area contributed by atoms with Crippen LogP contribution in [0.2, 0.25) is 0 Å². The number of hydrogen-bond donors (Lipinski definition) is 1. The number of nitrogen functional groups attached to an aromatic ring is 1. The van der Waals surface area contributed by atoms with Gasteiger partial charge in [0.25, 0.3) is 0 Å². The van der Waals surface area contributed by atoms with Crippen LogP contribution < -0.4 is 5.73 Å². The summed E-state index contributed by atoms with van der Waals surface area (Å²) in [5.41, 5.74) is 5.58. The minimum absolute atomic E-state index is 0.0555. The van der Waals surface area contributed by atoms with E-state index in [1.54, 1.807) is 0 Å². The van der Waals surface area contributed by atoms with Gasteiger partial charge in [0.05, 0.1) is 10.9 Å². The maximum atomic E-state index is 13.2. The number of ketones is 1. The average Bonchev–Trinajstić information content (AvgIpc) is 2.02. The van der Waals surface area contributed by atoms with Gasteiger partial charge < -0.3 is 5.73 Å². The number of Topliss-reactive ketones (excluding diaryl/α,β-unsaturated/α-hetero) is 1. The van der Waals surface area contributed by atoms with Crippen LogP contribution in [0, 0.1) is 5.82 Å². The van der Waals surface area contributed by atoms with E-state index in [9.17, 15) is 9.18 Å². The predicted molar refractivity (Wildman–Crippen MR) is 56.6 cm³/mol. The molecule has 0 fully saturated rings. The lowest BCUT2D eigenvalue weighted by Crippen LogP contribution is -2.07. The van der Waals surface area contributed by atoms with Crippen LogP contribution in [0.15, 0.2) is 16.6 Å². The van der Waals surface area contributed by atoms with Crippen molar-refractivity contribution >= 4 is 43.3 Å². The number of halogens is 3. The van der Waals surface area contributed by atoms with E-state index < -0.39 is 5.82 Å². The highest BCUT2D eigenvalue weighted by Crippen LogP contribution is 2.23. The molecule has 0 heterocycles. The van der Waals surface area contributed by atoms with Gasteiger partial charge in [-0.05, 0) is 12.1 Å². The van der Waals surface area contributed by atoms with Crippen molar-refractivity contribution in [2.45, 2.75) is 0 Å². The maximum Gasteiger partial charge on any atom is 0.178 e. The summed E-state index contributed by atoms with van der Waals surface area (Å²) in [7, 11) is 0. The topological polar surface area (TPSA) is 43.1 Å². The van der Waals surface area contributed by atoms with Crippen molar-refractivity contribution in [3.8, 4) is 0 Å². The second-order valence-electron chi connectivity index (χ2n) is 2.41. The molecule has 0 radical (unpaired) electrons. The van der Waals surface area contributed by atoms with Crippen LogP contribution in [-0.4, -0.2) is 11.1 Å². The normalized spacial score (nSPS) is 10.1. The van der Waals surface area contributed by atoms with Crippen molar-refractivity contribution in [2.24, 2.45) is 0 Å². The Bertz CT molecular complexity index is 331. The molecule has 0 unspecified atom stereocenters. The highest BCUT2D eigenvalue weighted by Gasteiger charge is 2.14. The zero-order valence-corrected chi connectivity index (χ0v) is 9.65. The Morgan fingerprint density at radius 2 is 2.15 bits per heavy atom. The third-order valence-electron chi connectivity index (χ3n) is 1.49. The fourth-order valence-corrected chi connectivity index (χ4v) is 1.68. The van der Waals surface area contributed by atoms with Crippen molar-refractivity contribution < 1.29 is 9.18 Å². The van der Waals surface area contributed by atoms with Crippen molar-refractivity contribution in [3.05, 3.63) is 28.0 Å². The summed E-state index contributed by atoms with van der Waals surface area (Å²) in [5.74, 6) is -0.959. The molecule has 0 saturated carbocycles. The number of carbonyl (C=O) groups excluding carboxylic acids is 1.